The van der Waals surface area contributed by atoms with Crippen LogP contribution in [0.4, 0.5) is 17.1 Å². The van der Waals surface area contributed by atoms with Gasteiger partial charge in [0.2, 0.25) is 0 Å². The molecule has 0 bridgehead atoms. The molecule has 4 nitrogen and oxygen atoms in total. The van der Waals surface area contributed by atoms with E-state index in [1.165, 1.54) is 0 Å². The lowest BCUT2D eigenvalue weighted by Crippen LogP contribution is -2.02. The summed E-state index contributed by atoms with van der Waals surface area (Å²) in [7, 11) is 0. The SMILES string of the molecule is Cc1cc(N)ccc1NCc1cc(N)ccc1O.Cl. The molecule has 0 radical (unpaired) electrons. The van der Waals surface area contributed by atoms with Crippen molar-refractivity contribution >= 4 is 29.5 Å². The third-order valence-electron chi connectivity index (χ3n) is 2.82. The second-order valence-corrected chi connectivity index (χ2v) is 4.32. The molecule has 0 spiro atoms. The highest BCUT2D eigenvalue weighted by atomic mass is 35.5. The highest BCUT2D eigenvalue weighted by Gasteiger charge is 2.03. The summed E-state index contributed by atoms with van der Waals surface area (Å²) >= 11 is 0. The lowest BCUT2D eigenvalue weighted by molar-refractivity contribution is 0.469. The largest absolute Gasteiger partial charge is 0.508 e. The van der Waals surface area contributed by atoms with Crippen molar-refractivity contribution in [1.82, 2.24) is 0 Å². The highest BCUT2D eigenvalue weighted by Crippen LogP contribution is 2.23. The fourth-order valence-electron chi connectivity index (χ4n) is 1.82. The van der Waals surface area contributed by atoms with Crippen LogP contribution in [0.5, 0.6) is 5.75 Å². The van der Waals surface area contributed by atoms with E-state index in [9.17, 15) is 5.11 Å². The van der Waals surface area contributed by atoms with Gasteiger partial charge in [0.05, 0.1) is 0 Å². The van der Waals surface area contributed by atoms with Gasteiger partial charge in [-0.25, -0.2) is 0 Å². The van der Waals surface area contributed by atoms with E-state index >= 15 is 0 Å². The van der Waals surface area contributed by atoms with Crippen molar-refractivity contribution in [2.24, 2.45) is 0 Å². The molecule has 0 aliphatic carbocycles. The lowest BCUT2D eigenvalue weighted by atomic mass is 10.1. The van der Waals surface area contributed by atoms with Crippen molar-refractivity contribution in [2.75, 3.05) is 16.8 Å². The van der Waals surface area contributed by atoms with Crippen molar-refractivity contribution < 1.29 is 5.11 Å². The topological polar surface area (TPSA) is 84.3 Å². The third kappa shape index (κ3) is 3.69. The molecule has 0 atom stereocenters. The first-order valence-electron chi connectivity index (χ1n) is 5.73. The standard InChI is InChI=1S/C14H17N3O.ClH/c1-9-6-11(15)2-4-13(9)17-8-10-7-12(16)3-5-14(10)18;/h2-7,17-18H,8,15-16H2,1H3;1H. The van der Waals surface area contributed by atoms with Gasteiger partial charge in [-0.2, -0.15) is 0 Å². The third-order valence-corrected chi connectivity index (χ3v) is 2.82. The van der Waals surface area contributed by atoms with Gasteiger partial charge in [0, 0.05) is 29.2 Å². The van der Waals surface area contributed by atoms with Crippen molar-refractivity contribution in [3.8, 4) is 5.75 Å². The monoisotopic (exact) mass is 279 g/mol. The Morgan fingerprint density at radius 3 is 2.37 bits per heavy atom. The Labute approximate surface area is 118 Å². The second kappa shape index (κ2) is 6.20. The quantitative estimate of drug-likeness (QED) is 0.514. The molecule has 0 unspecified atom stereocenters. The molecule has 6 N–H and O–H groups in total. The Hall–Kier alpha value is -2.07. The van der Waals surface area contributed by atoms with E-state index in [1.54, 1.807) is 18.2 Å². The number of rotatable bonds is 3. The van der Waals surface area contributed by atoms with E-state index < -0.39 is 0 Å². The molecule has 0 aliphatic heterocycles. The molecule has 0 aromatic heterocycles. The molecule has 0 aliphatic rings. The number of halogens is 1. The summed E-state index contributed by atoms with van der Waals surface area (Å²) in [6, 6.07) is 10.7. The molecular formula is C14H18ClN3O. The van der Waals surface area contributed by atoms with Crippen molar-refractivity contribution in [3.05, 3.63) is 47.5 Å². The van der Waals surface area contributed by atoms with E-state index in [-0.39, 0.29) is 18.2 Å². The van der Waals surface area contributed by atoms with Crippen LogP contribution in [0.15, 0.2) is 36.4 Å². The van der Waals surface area contributed by atoms with Crippen molar-refractivity contribution in [1.29, 1.82) is 0 Å². The maximum Gasteiger partial charge on any atom is 0.120 e. The number of aromatic hydroxyl groups is 1. The Bertz CT molecular complexity index is 573. The Balaban J connectivity index is 0.00000180. The molecule has 2 rings (SSSR count). The molecule has 0 amide bonds. The van der Waals surface area contributed by atoms with Crippen molar-refractivity contribution in [2.45, 2.75) is 13.5 Å². The number of benzene rings is 2. The Morgan fingerprint density at radius 2 is 1.68 bits per heavy atom. The molecule has 0 saturated heterocycles. The summed E-state index contributed by atoms with van der Waals surface area (Å²) in [6.07, 6.45) is 0. The second-order valence-electron chi connectivity index (χ2n) is 4.32. The highest BCUT2D eigenvalue weighted by molar-refractivity contribution is 5.85. The van der Waals surface area contributed by atoms with Gasteiger partial charge in [0.25, 0.3) is 0 Å². The zero-order chi connectivity index (χ0) is 13.1. The molecule has 2 aromatic carbocycles. The van der Waals surface area contributed by atoms with Gasteiger partial charge >= 0.3 is 0 Å². The van der Waals surface area contributed by atoms with Gasteiger partial charge in [-0.15, -0.1) is 12.4 Å². The molecule has 2 aromatic rings. The van der Waals surface area contributed by atoms with E-state index in [2.05, 4.69) is 5.32 Å². The molecule has 102 valence electrons. The van der Waals surface area contributed by atoms with Crippen LogP contribution in [0.2, 0.25) is 0 Å². The van der Waals surface area contributed by atoms with E-state index in [0.717, 1.165) is 22.5 Å². The fraction of sp³-hybridized carbons (Fsp3) is 0.143. The summed E-state index contributed by atoms with van der Waals surface area (Å²) in [6.45, 7) is 2.50. The number of hydrogen-bond donors (Lipinski definition) is 4. The number of nitrogen functional groups attached to an aromatic ring is 2. The Morgan fingerprint density at radius 1 is 1.05 bits per heavy atom. The first-order chi connectivity index (χ1) is 8.56. The number of nitrogens with two attached hydrogens (primary N) is 2. The average Bonchev–Trinajstić information content (AvgIpc) is 2.32. The molecule has 5 heteroatoms. The molecule has 0 saturated carbocycles. The van der Waals surface area contributed by atoms with Gasteiger partial charge in [0.1, 0.15) is 5.75 Å². The number of anilines is 3. The molecular weight excluding hydrogens is 262 g/mol. The smallest absolute Gasteiger partial charge is 0.120 e. The van der Waals surface area contributed by atoms with Gasteiger partial charge in [0.15, 0.2) is 0 Å². The van der Waals surface area contributed by atoms with Crippen LogP contribution in [-0.4, -0.2) is 5.11 Å². The summed E-state index contributed by atoms with van der Waals surface area (Å²) in [5, 5.41) is 13.0. The first-order valence-corrected chi connectivity index (χ1v) is 5.73. The van der Waals surface area contributed by atoms with Gasteiger partial charge < -0.3 is 21.9 Å². The predicted octanol–water partition coefficient (Wildman–Crippen LogP) is 2.90. The van der Waals surface area contributed by atoms with Crippen LogP contribution in [0.1, 0.15) is 11.1 Å². The summed E-state index contributed by atoms with van der Waals surface area (Å²) in [5.41, 5.74) is 15.6. The van der Waals surface area contributed by atoms with Gasteiger partial charge in [-0.3, -0.25) is 0 Å². The summed E-state index contributed by atoms with van der Waals surface area (Å²) < 4.78 is 0. The van der Waals surface area contributed by atoms with Crippen LogP contribution >= 0.6 is 12.4 Å². The molecule has 0 fully saturated rings. The van der Waals surface area contributed by atoms with Crippen LogP contribution in [-0.2, 0) is 6.54 Å². The predicted molar refractivity (Wildman–Crippen MR) is 82.7 cm³/mol. The number of hydrogen-bond acceptors (Lipinski definition) is 4. The fourth-order valence-corrected chi connectivity index (χ4v) is 1.82. The molecule has 19 heavy (non-hydrogen) atoms. The zero-order valence-corrected chi connectivity index (χ0v) is 11.5. The van der Waals surface area contributed by atoms with E-state index in [0.29, 0.717) is 12.2 Å². The maximum absolute atomic E-state index is 9.71. The van der Waals surface area contributed by atoms with Crippen LogP contribution in [0.25, 0.3) is 0 Å². The van der Waals surface area contributed by atoms with E-state index in [4.69, 9.17) is 11.5 Å². The maximum atomic E-state index is 9.71. The number of nitrogens with one attached hydrogen (secondary N) is 1. The number of phenols is 1. The van der Waals surface area contributed by atoms with Crippen molar-refractivity contribution in [3.63, 3.8) is 0 Å². The normalized spacial score (nSPS) is 9.74. The number of aryl methyl sites for hydroxylation is 1. The van der Waals surface area contributed by atoms with E-state index in [1.807, 2.05) is 25.1 Å². The summed E-state index contributed by atoms with van der Waals surface area (Å²) in [5.74, 6) is 0.241. The van der Waals surface area contributed by atoms with Crippen LogP contribution in [0.3, 0.4) is 0 Å². The minimum absolute atomic E-state index is 0. The summed E-state index contributed by atoms with van der Waals surface area (Å²) in [4.78, 5) is 0. The first kappa shape index (κ1) is 15.0. The average molecular weight is 280 g/mol. The van der Waals surface area contributed by atoms with Crippen LogP contribution in [0, 0.1) is 6.92 Å². The minimum atomic E-state index is 0. The molecule has 0 heterocycles. The van der Waals surface area contributed by atoms with Gasteiger partial charge in [-0.1, -0.05) is 0 Å². The zero-order valence-electron chi connectivity index (χ0n) is 10.7. The Kier molecular flexibility index (Phi) is 4.89. The lowest BCUT2D eigenvalue weighted by Gasteiger charge is -2.11. The number of phenolic OH excluding ortho intramolecular Hbond substituents is 1. The van der Waals surface area contributed by atoms with Gasteiger partial charge in [-0.05, 0) is 48.9 Å². The minimum Gasteiger partial charge on any atom is -0.508 e. The van der Waals surface area contributed by atoms with Crippen LogP contribution < -0.4 is 16.8 Å².